The summed E-state index contributed by atoms with van der Waals surface area (Å²) in [5.74, 6) is -1.42. The maximum atomic E-state index is 14.0. The van der Waals surface area contributed by atoms with Crippen molar-refractivity contribution in [1.29, 1.82) is 0 Å². The number of amides is 2. The summed E-state index contributed by atoms with van der Waals surface area (Å²) in [6, 6.07) is 20.0. The second kappa shape index (κ2) is 12.6. The van der Waals surface area contributed by atoms with Crippen LogP contribution in [0.5, 0.6) is 0 Å². The normalized spacial score (nSPS) is 12.5. The number of nitrogens with zero attached hydrogens (tertiary/aromatic N) is 2. The van der Waals surface area contributed by atoms with Gasteiger partial charge in [-0.05, 0) is 68.3 Å². The first kappa shape index (κ1) is 30.1. The summed E-state index contributed by atoms with van der Waals surface area (Å²) in [6.45, 7) is 4.93. The van der Waals surface area contributed by atoms with Crippen LogP contribution >= 0.6 is 11.6 Å². The molecule has 39 heavy (non-hydrogen) atoms. The molecule has 0 fully saturated rings. The van der Waals surface area contributed by atoms with Gasteiger partial charge in [0.2, 0.25) is 21.8 Å². The highest BCUT2D eigenvalue weighted by atomic mass is 35.5. The lowest BCUT2D eigenvalue weighted by Gasteiger charge is -2.35. The van der Waals surface area contributed by atoms with Crippen LogP contribution in [-0.2, 0) is 32.6 Å². The molecule has 0 radical (unpaired) electrons. The molecule has 0 saturated heterocycles. The summed E-state index contributed by atoms with van der Waals surface area (Å²) in [6.07, 6.45) is 1.20. The first-order chi connectivity index (χ1) is 18.2. The number of carbonyl (C=O) groups is 2. The summed E-state index contributed by atoms with van der Waals surface area (Å²) in [7, 11) is -3.88. The van der Waals surface area contributed by atoms with Crippen molar-refractivity contribution in [2.24, 2.45) is 0 Å². The van der Waals surface area contributed by atoms with Gasteiger partial charge < -0.3 is 10.2 Å². The van der Waals surface area contributed by atoms with Crippen molar-refractivity contribution in [2.75, 3.05) is 17.1 Å². The topological polar surface area (TPSA) is 86.8 Å². The van der Waals surface area contributed by atoms with Crippen molar-refractivity contribution in [3.05, 3.63) is 101 Å². The molecule has 208 valence electrons. The van der Waals surface area contributed by atoms with Gasteiger partial charge in [0.1, 0.15) is 18.4 Å². The fraction of sp³-hybridized carbons (Fsp3) is 0.310. The van der Waals surface area contributed by atoms with Gasteiger partial charge in [0.05, 0.1) is 11.9 Å². The molecule has 0 aromatic heterocycles. The Hall–Kier alpha value is -3.43. The van der Waals surface area contributed by atoms with E-state index < -0.39 is 39.9 Å². The number of halogens is 2. The van der Waals surface area contributed by atoms with Crippen LogP contribution in [0.3, 0.4) is 0 Å². The molecule has 3 rings (SSSR count). The molecule has 1 unspecified atom stereocenters. The molecule has 0 bridgehead atoms. The zero-order valence-corrected chi connectivity index (χ0v) is 24.0. The van der Waals surface area contributed by atoms with E-state index in [0.29, 0.717) is 10.6 Å². The lowest BCUT2D eigenvalue weighted by Crippen LogP contribution is -2.56. The molecule has 0 aliphatic heterocycles. The van der Waals surface area contributed by atoms with E-state index in [9.17, 15) is 22.4 Å². The smallest absolute Gasteiger partial charge is 0.244 e. The number of hydrogen-bond acceptors (Lipinski definition) is 4. The van der Waals surface area contributed by atoms with Crippen LogP contribution in [-0.4, -0.2) is 49.5 Å². The van der Waals surface area contributed by atoms with Crippen LogP contribution in [0.15, 0.2) is 78.9 Å². The molecule has 0 heterocycles. The van der Waals surface area contributed by atoms with Gasteiger partial charge in [-0.15, -0.1) is 0 Å². The average molecular weight is 574 g/mol. The van der Waals surface area contributed by atoms with Gasteiger partial charge in [0, 0.05) is 23.5 Å². The van der Waals surface area contributed by atoms with E-state index in [1.165, 1.54) is 53.4 Å². The molecule has 1 N–H and O–H groups in total. The number of sulfonamides is 1. The summed E-state index contributed by atoms with van der Waals surface area (Å²) >= 11 is 5.98. The minimum absolute atomic E-state index is 0.0353. The van der Waals surface area contributed by atoms with E-state index >= 15 is 0 Å². The van der Waals surface area contributed by atoms with E-state index in [1.807, 2.05) is 51.1 Å². The molecular weight excluding hydrogens is 541 g/mol. The van der Waals surface area contributed by atoms with Crippen molar-refractivity contribution in [1.82, 2.24) is 10.2 Å². The first-order valence-corrected chi connectivity index (χ1v) is 14.6. The predicted molar refractivity (Wildman–Crippen MR) is 152 cm³/mol. The van der Waals surface area contributed by atoms with E-state index in [4.69, 9.17) is 11.6 Å². The Morgan fingerprint density at radius 2 is 1.51 bits per heavy atom. The van der Waals surface area contributed by atoms with Crippen molar-refractivity contribution in [3.8, 4) is 0 Å². The molecule has 3 aromatic rings. The molecule has 1 atom stereocenters. The largest absolute Gasteiger partial charge is 0.350 e. The van der Waals surface area contributed by atoms with Gasteiger partial charge >= 0.3 is 0 Å². The molecule has 0 aliphatic carbocycles. The quantitative estimate of drug-likeness (QED) is 0.377. The summed E-state index contributed by atoms with van der Waals surface area (Å²) in [5.41, 5.74) is 1.08. The Labute approximate surface area is 234 Å². The van der Waals surface area contributed by atoms with Gasteiger partial charge in [-0.3, -0.25) is 13.9 Å². The van der Waals surface area contributed by atoms with Gasteiger partial charge in [-0.25, -0.2) is 12.8 Å². The van der Waals surface area contributed by atoms with Crippen LogP contribution in [0, 0.1) is 5.82 Å². The number of hydrogen-bond donors (Lipinski definition) is 1. The van der Waals surface area contributed by atoms with E-state index in [0.717, 1.165) is 16.1 Å². The highest BCUT2D eigenvalue weighted by molar-refractivity contribution is 7.92. The molecule has 3 aromatic carbocycles. The van der Waals surface area contributed by atoms with Gasteiger partial charge in [-0.1, -0.05) is 54.1 Å². The lowest BCUT2D eigenvalue weighted by molar-refractivity contribution is -0.140. The minimum Gasteiger partial charge on any atom is -0.350 e. The second-order valence-electron chi connectivity index (χ2n) is 10.3. The van der Waals surface area contributed by atoms with Crippen LogP contribution < -0.4 is 9.62 Å². The van der Waals surface area contributed by atoms with Gasteiger partial charge in [0.15, 0.2) is 0 Å². The van der Waals surface area contributed by atoms with Gasteiger partial charge in [0.25, 0.3) is 0 Å². The monoisotopic (exact) mass is 573 g/mol. The molecule has 10 heteroatoms. The zero-order valence-electron chi connectivity index (χ0n) is 22.4. The predicted octanol–water partition coefficient (Wildman–Crippen LogP) is 4.80. The number of carbonyl (C=O) groups excluding carboxylic acids is 2. The summed E-state index contributed by atoms with van der Waals surface area (Å²) in [5, 5.41) is 3.37. The molecule has 7 nitrogen and oxygen atoms in total. The third-order valence-corrected chi connectivity index (χ3v) is 7.22. The molecule has 0 aliphatic rings. The molecule has 0 spiro atoms. The standard InChI is InChI=1S/C29H33ClFN3O4S/c1-29(2,3)32-28(36)26(18-21-8-6-5-7-9-21)33(19-22-10-14-24(31)15-11-22)27(35)20-34(39(4,37)38)25-16-12-23(30)13-17-25/h5-17,26H,18-20H2,1-4H3,(H,32,36). The van der Waals surface area contributed by atoms with Gasteiger partial charge in [-0.2, -0.15) is 0 Å². The highest BCUT2D eigenvalue weighted by Crippen LogP contribution is 2.22. The van der Waals surface area contributed by atoms with E-state index in [-0.39, 0.29) is 24.6 Å². The second-order valence-corrected chi connectivity index (χ2v) is 12.7. The Morgan fingerprint density at radius 1 is 0.923 bits per heavy atom. The van der Waals surface area contributed by atoms with E-state index in [2.05, 4.69) is 5.32 Å². The van der Waals surface area contributed by atoms with Crippen LogP contribution in [0.4, 0.5) is 10.1 Å². The van der Waals surface area contributed by atoms with E-state index in [1.54, 1.807) is 0 Å². The maximum Gasteiger partial charge on any atom is 0.244 e. The Kier molecular flexibility index (Phi) is 9.74. The van der Waals surface area contributed by atoms with Crippen molar-refractivity contribution in [3.63, 3.8) is 0 Å². The Bertz CT molecular complexity index is 1380. The fourth-order valence-corrected chi connectivity index (χ4v) is 4.99. The van der Waals surface area contributed by atoms with Crippen molar-refractivity contribution >= 4 is 39.1 Å². The number of nitrogens with one attached hydrogen (secondary N) is 1. The van der Waals surface area contributed by atoms with Crippen molar-refractivity contribution < 1.29 is 22.4 Å². The lowest BCUT2D eigenvalue weighted by atomic mass is 10.0. The number of benzene rings is 3. The Balaban J connectivity index is 2.06. The van der Waals surface area contributed by atoms with Crippen LogP contribution in [0.2, 0.25) is 5.02 Å². The summed E-state index contributed by atoms with van der Waals surface area (Å²) < 4.78 is 40.1. The molecular formula is C29H33ClFN3O4S. The zero-order chi connectivity index (χ0) is 28.8. The third-order valence-electron chi connectivity index (χ3n) is 5.83. The highest BCUT2D eigenvalue weighted by Gasteiger charge is 2.34. The van der Waals surface area contributed by atoms with Crippen LogP contribution in [0.25, 0.3) is 0 Å². The third kappa shape index (κ3) is 9.07. The average Bonchev–Trinajstić information content (AvgIpc) is 2.85. The van der Waals surface area contributed by atoms with Crippen LogP contribution in [0.1, 0.15) is 31.9 Å². The number of anilines is 1. The Morgan fingerprint density at radius 3 is 2.05 bits per heavy atom. The molecule has 0 saturated carbocycles. The fourth-order valence-electron chi connectivity index (χ4n) is 4.01. The SMILES string of the molecule is CC(C)(C)NC(=O)C(Cc1ccccc1)N(Cc1ccc(F)cc1)C(=O)CN(c1ccc(Cl)cc1)S(C)(=O)=O. The maximum absolute atomic E-state index is 14.0. The number of rotatable bonds is 10. The first-order valence-electron chi connectivity index (χ1n) is 12.4. The van der Waals surface area contributed by atoms with Crippen molar-refractivity contribution in [2.45, 2.75) is 45.3 Å². The summed E-state index contributed by atoms with van der Waals surface area (Å²) in [4.78, 5) is 28.9. The molecule has 2 amide bonds. The minimum atomic E-state index is -3.88.